The Hall–Kier alpha value is -0.910. The number of rotatable bonds is 4. The average molecular weight is 342 g/mol. The maximum Gasteiger partial charge on any atom is 0.128 e. The SMILES string of the molecule is COc1c(C)cnc(CC(O)c2sccc2Br)c1C. The minimum absolute atomic E-state index is 0.488. The molecule has 2 aromatic heterocycles. The van der Waals surface area contributed by atoms with Gasteiger partial charge in [0.2, 0.25) is 0 Å². The summed E-state index contributed by atoms with van der Waals surface area (Å²) in [7, 11) is 1.66. The van der Waals surface area contributed by atoms with Crippen LogP contribution in [0.25, 0.3) is 0 Å². The fraction of sp³-hybridized carbons (Fsp3) is 0.357. The maximum atomic E-state index is 10.3. The first-order valence-corrected chi connectivity index (χ1v) is 7.61. The van der Waals surface area contributed by atoms with Gasteiger partial charge in [-0.3, -0.25) is 4.98 Å². The molecule has 0 saturated heterocycles. The highest BCUT2D eigenvalue weighted by molar-refractivity contribution is 9.10. The lowest BCUT2D eigenvalue weighted by molar-refractivity contribution is 0.180. The van der Waals surface area contributed by atoms with Crippen molar-refractivity contribution in [1.29, 1.82) is 0 Å². The van der Waals surface area contributed by atoms with Crippen molar-refractivity contribution < 1.29 is 9.84 Å². The van der Waals surface area contributed by atoms with Crippen LogP contribution in [0.2, 0.25) is 0 Å². The lowest BCUT2D eigenvalue weighted by Crippen LogP contribution is -2.06. The Morgan fingerprint density at radius 1 is 1.47 bits per heavy atom. The number of thiophene rings is 1. The summed E-state index contributed by atoms with van der Waals surface area (Å²) in [6, 6.07) is 1.94. The molecule has 2 rings (SSSR count). The van der Waals surface area contributed by atoms with Crippen LogP contribution in [0.4, 0.5) is 0 Å². The smallest absolute Gasteiger partial charge is 0.128 e. The highest BCUT2D eigenvalue weighted by Gasteiger charge is 2.17. The average Bonchev–Trinajstić information content (AvgIpc) is 2.80. The van der Waals surface area contributed by atoms with E-state index in [1.807, 2.05) is 25.3 Å². The van der Waals surface area contributed by atoms with E-state index in [0.29, 0.717) is 6.42 Å². The Labute approximate surface area is 125 Å². The summed E-state index contributed by atoms with van der Waals surface area (Å²) in [6.45, 7) is 3.94. The van der Waals surface area contributed by atoms with E-state index >= 15 is 0 Å². The Kier molecular flexibility index (Phi) is 4.60. The van der Waals surface area contributed by atoms with Gasteiger partial charge in [-0.2, -0.15) is 0 Å². The van der Waals surface area contributed by atoms with Crippen molar-refractivity contribution in [3.63, 3.8) is 0 Å². The summed E-state index contributed by atoms with van der Waals surface area (Å²) >= 11 is 4.98. The van der Waals surface area contributed by atoms with E-state index < -0.39 is 6.10 Å². The topological polar surface area (TPSA) is 42.4 Å². The predicted octanol–water partition coefficient (Wildman–Crippen LogP) is 3.81. The van der Waals surface area contributed by atoms with Gasteiger partial charge in [0, 0.05) is 38.8 Å². The summed E-state index contributed by atoms with van der Waals surface area (Å²) in [5, 5.41) is 12.3. The first kappa shape index (κ1) is 14.5. The van der Waals surface area contributed by atoms with Crippen LogP contribution in [0, 0.1) is 13.8 Å². The second-order valence-corrected chi connectivity index (χ2v) is 6.20. The van der Waals surface area contributed by atoms with Gasteiger partial charge in [-0.1, -0.05) is 0 Å². The zero-order valence-electron chi connectivity index (χ0n) is 11.1. The van der Waals surface area contributed by atoms with Crippen LogP contribution in [0.5, 0.6) is 5.75 Å². The van der Waals surface area contributed by atoms with Crippen molar-refractivity contribution >= 4 is 27.3 Å². The molecule has 0 fully saturated rings. The van der Waals surface area contributed by atoms with E-state index in [1.165, 1.54) is 11.3 Å². The molecule has 1 unspecified atom stereocenters. The minimum Gasteiger partial charge on any atom is -0.496 e. The molecule has 3 nitrogen and oxygen atoms in total. The van der Waals surface area contributed by atoms with E-state index in [1.54, 1.807) is 13.3 Å². The lowest BCUT2D eigenvalue weighted by Gasteiger charge is -2.14. The molecule has 0 saturated carbocycles. The summed E-state index contributed by atoms with van der Waals surface area (Å²) in [4.78, 5) is 5.35. The number of hydrogen-bond acceptors (Lipinski definition) is 4. The van der Waals surface area contributed by atoms with Gasteiger partial charge in [-0.15, -0.1) is 11.3 Å². The third-order valence-electron chi connectivity index (χ3n) is 3.08. The highest BCUT2D eigenvalue weighted by atomic mass is 79.9. The Morgan fingerprint density at radius 2 is 2.21 bits per heavy atom. The number of aliphatic hydroxyl groups is 1. The molecule has 1 N–H and O–H groups in total. The van der Waals surface area contributed by atoms with Crippen molar-refractivity contribution in [3.05, 3.63) is 43.8 Å². The van der Waals surface area contributed by atoms with E-state index in [9.17, 15) is 5.11 Å². The van der Waals surface area contributed by atoms with Crippen molar-refractivity contribution in [2.75, 3.05) is 7.11 Å². The van der Waals surface area contributed by atoms with Gasteiger partial charge < -0.3 is 9.84 Å². The molecule has 0 aliphatic heterocycles. The van der Waals surface area contributed by atoms with Gasteiger partial charge in [-0.05, 0) is 41.2 Å². The van der Waals surface area contributed by atoms with Crippen LogP contribution < -0.4 is 4.74 Å². The number of hydrogen-bond donors (Lipinski definition) is 1. The van der Waals surface area contributed by atoms with Crippen LogP contribution >= 0.6 is 27.3 Å². The van der Waals surface area contributed by atoms with Crippen LogP contribution in [-0.4, -0.2) is 17.2 Å². The lowest BCUT2D eigenvalue weighted by atomic mass is 10.1. The van der Waals surface area contributed by atoms with Crippen molar-refractivity contribution in [3.8, 4) is 5.75 Å². The van der Waals surface area contributed by atoms with Gasteiger partial charge in [0.1, 0.15) is 5.75 Å². The van der Waals surface area contributed by atoms with E-state index in [-0.39, 0.29) is 0 Å². The quantitative estimate of drug-likeness (QED) is 0.919. The molecule has 0 aliphatic rings. The molecule has 0 aromatic carbocycles. The summed E-state index contributed by atoms with van der Waals surface area (Å²) in [5.74, 6) is 0.849. The summed E-state index contributed by atoms with van der Waals surface area (Å²) < 4.78 is 6.33. The standard InChI is InChI=1S/C14H16BrNO2S/c1-8-7-16-11(9(2)13(8)18-3)6-12(17)14-10(15)4-5-19-14/h4-5,7,12,17H,6H2,1-3H3. The molecule has 0 amide bonds. The molecule has 102 valence electrons. The third kappa shape index (κ3) is 2.99. The third-order valence-corrected chi connectivity index (χ3v) is 5.06. The van der Waals surface area contributed by atoms with E-state index in [4.69, 9.17) is 4.74 Å². The van der Waals surface area contributed by atoms with Gasteiger partial charge in [-0.25, -0.2) is 0 Å². The number of ether oxygens (including phenoxy) is 1. The van der Waals surface area contributed by atoms with E-state index in [2.05, 4.69) is 20.9 Å². The number of aryl methyl sites for hydroxylation is 1. The summed E-state index contributed by atoms with van der Waals surface area (Å²) in [5.41, 5.74) is 2.88. The molecular formula is C14H16BrNO2S. The largest absolute Gasteiger partial charge is 0.496 e. The van der Waals surface area contributed by atoms with Gasteiger partial charge in [0.05, 0.1) is 13.2 Å². The Balaban J connectivity index is 2.27. The zero-order chi connectivity index (χ0) is 14.0. The number of nitrogens with zero attached hydrogens (tertiary/aromatic N) is 1. The van der Waals surface area contributed by atoms with E-state index in [0.717, 1.165) is 31.9 Å². The second-order valence-electron chi connectivity index (χ2n) is 4.40. The number of halogens is 1. The van der Waals surface area contributed by atoms with Crippen LogP contribution in [0.15, 0.2) is 22.1 Å². The molecule has 5 heteroatoms. The van der Waals surface area contributed by atoms with Crippen LogP contribution in [-0.2, 0) is 6.42 Å². The zero-order valence-corrected chi connectivity index (χ0v) is 13.5. The fourth-order valence-electron chi connectivity index (χ4n) is 2.10. The first-order valence-electron chi connectivity index (χ1n) is 5.94. The molecule has 0 radical (unpaired) electrons. The molecule has 19 heavy (non-hydrogen) atoms. The van der Waals surface area contributed by atoms with Crippen molar-refractivity contribution in [1.82, 2.24) is 4.98 Å². The molecular weight excluding hydrogens is 326 g/mol. The fourth-order valence-corrected chi connectivity index (χ4v) is 3.72. The Morgan fingerprint density at radius 3 is 2.79 bits per heavy atom. The predicted molar refractivity (Wildman–Crippen MR) is 80.9 cm³/mol. The van der Waals surface area contributed by atoms with Gasteiger partial charge in [0.15, 0.2) is 0 Å². The van der Waals surface area contributed by atoms with Gasteiger partial charge >= 0.3 is 0 Å². The monoisotopic (exact) mass is 341 g/mol. The molecule has 0 bridgehead atoms. The normalized spacial score (nSPS) is 12.5. The van der Waals surface area contributed by atoms with Crippen molar-refractivity contribution in [2.24, 2.45) is 0 Å². The van der Waals surface area contributed by atoms with Crippen molar-refractivity contribution in [2.45, 2.75) is 26.4 Å². The summed E-state index contributed by atoms with van der Waals surface area (Å²) in [6.07, 6.45) is 1.73. The van der Waals surface area contributed by atoms with Crippen LogP contribution in [0.1, 0.15) is 27.8 Å². The molecule has 0 aliphatic carbocycles. The number of methoxy groups -OCH3 is 1. The second kappa shape index (κ2) is 6.03. The number of aromatic nitrogens is 1. The number of aliphatic hydroxyl groups excluding tert-OH is 1. The number of pyridine rings is 1. The molecule has 2 heterocycles. The first-order chi connectivity index (χ1) is 9.04. The molecule has 2 aromatic rings. The Bertz CT molecular complexity index is 583. The van der Waals surface area contributed by atoms with Crippen LogP contribution in [0.3, 0.4) is 0 Å². The highest BCUT2D eigenvalue weighted by Crippen LogP contribution is 2.32. The maximum absolute atomic E-state index is 10.3. The molecule has 1 atom stereocenters. The van der Waals surface area contributed by atoms with Gasteiger partial charge in [0.25, 0.3) is 0 Å². The molecule has 0 spiro atoms. The minimum atomic E-state index is -0.548.